The van der Waals surface area contributed by atoms with Crippen LogP contribution in [0.5, 0.6) is 0 Å². The van der Waals surface area contributed by atoms with E-state index in [9.17, 15) is 9.00 Å². The number of nitrogens with zero attached hydrogens (tertiary/aromatic N) is 1. The molecular formula is C19H24N4O3S2. The number of carbonyl (C=O) groups is 1. The average molecular weight is 421 g/mol. The van der Waals surface area contributed by atoms with Crippen molar-refractivity contribution < 1.29 is 13.7 Å². The van der Waals surface area contributed by atoms with Crippen LogP contribution in [-0.2, 0) is 50.3 Å². The van der Waals surface area contributed by atoms with Crippen LogP contribution in [0.1, 0.15) is 42.0 Å². The fraction of sp³-hybridized carbons (Fsp3) is 0.474. The summed E-state index contributed by atoms with van der Waals surface area (Å²) in [5.74, 6) is 0.136. The molecule has 0 radical (unpaired) electrons. The number of carbonyl (C=O) groups excluding carboxylic acids is 1. The summed E-state index contributed by atoms with van der Waals surface area (Å²) in [6.07, 6.45) is 7.22. The molecule has 0 aromatic heterocycles. The zero-order valence-electron chi connectivity index (χ0n) is 15.7. The number of nitrogens with two attached hydrogens (primary N) is 1. The molecule has 2 unspecified atom stereocenters. The highest BCUT2D eigenvalue weighted by molar-refractivity contribution is 8.34. The predicted molar refractivity (Wildman–Crippen MR) is 113 cm³/mol. The van der Waals surface area contributed by atoms with Gasteiger partial charge >= 0.3 is 6.03 Å². The van der Waals surface area contributed by atoms with Gasteiger partial charge in [-0.15, -0.1) is 0 Å². The number of benzene rings is 1. The summed E-state index contributed by atoms with van der Waals surface area (Å²) in [5.41, 5.74) is 11.5. The molecule has 0 fully saturated rings. The molecule has 7 nitrogen and oxygen atoms in total. The SMILES string of the molecule is CC1COC(C(=CN)S(=O)(=S)NC(=O)Nc2c3c(cc4c2CCC4)CCC3)=N1. The highest BCUT2D eigenvalue weighted by Gasteiger charge is 2.29. The molecule has 1 aliphatic heterocycles. The minimum absolute atomic E-state index is 0.0329. The first-order valence-electron chi connectivity index (χ1n) is 9.52. The molecule has 4 N–H and O–H groups in total. The Labute approximate surface area is 169 Å². The maximum absolute atomic E-state index is 13.0. The topological polar surface area (TPSA) is 106 Å². The van der Waals surface area contributed by atoms with Crippen LogP contribution in [0.2, 0.25) is 0 Å². The van der Waals surface area contributed by atoms with Crippen molar-refractivity contribution in [2.75, 3.05) is 11.9 Å². The predicted octanol–water partition coefficient (Wildman–Crippen LogP) is 2.06. The van der Waals surface area contributed by atoms with Crippen LogP contribution < -0.4 is 15.8 Å². The van der Waals surface area contributed by atoms with Crippen molar-refractivity contribution in [2.45, 2.75) is 51.5 Å². The summed E-state index contributed by atoms with van der Waals surface area (Å²) in [7, 11) is -3.38. The zero-order valence-corrected chi connectivity index (χ0v) is 17.4. The number of aryl methyl sites for hydroxylation is 2. The van der Waals surface area contributed by atoms with Crippen molar-refractivity contribution in [1.82, 2.24) is 4.72 Å². The van der Waals surface area contributed by atoms with E-state index in [0.717, 1.165) is 50.4 Å². The summed E-state index contributed by atoms with van der Waals surface area (Å²) >= 11 is 5.18. The normalized spacial score (nSPS) is 22.7. The molecule has 2 amide bonds. The Morgan fingerprint density at radius 3 is 2.46 bits per heavy atom. The van der Waals surface area contributed by atoms with E-state index in [2.05, 4.69) is 21.1 Å². The Morgan fingerprint density at radius 1 is 1.29 bits per heavy atom. The molecule has 1 aromatic rings. The van der Waals surface area contributed by atoms with E-state index in [1.807, 2.05) is 6.92 Å². The maximum atomic E-state index is 13.0. The molecule has 150 valence electrons. The van der Waals surface area contributed by atoms with Gasteiger partial charge in [-0.2, -0.15) is 0 Å². The summed E-state index contributed by atoms with van der Waals surface area (Å²) in [6.45, 7) is 2.23. The molecule has 1 heterocycles. The van der Waals surface area contributed by atoms with Gasteiger partial charge in [-0.3, -0.25) is 4.72 Å². The summed E-state index contributed by atoms with van der Waals surface area (Å²) in [6, 6.07) is 1.62. The first-order valence-corrected chi connectivity index (χ1v) is 12.0. The third-order valence-electron chi connectivity index (χ3n) is 5.39. The highest BCUT2D eigenvalue weighted by Crippen LogP contribution is 2.38. The first kappa shape index (κ1) is 19.2. The van der Waals surface area contributed by atoms with Crippen LogP contribution in [0, 0.1) is 0 Å². The third-order valence-corrected chi connectivity index (χ3v) is 7.52. The monoisotopic (exact) mass is 420 g/mol. The van der Waals surface area contributed by atoms with Crippen LogP contribution in [-0.4, -0.2) is 28.8 Å². The number of anilines is 1. The van der Waals surface area contributed by atoms with Crippen molar-refractivity contribution in [1.29, 1.82) is 0 Å². The van der Waals surface area contributed by atoms with Gasteiger partial charge in [0.05, 0.1) is 6.04 Å². The Bertz CT molecular complexity index is 967. The van der Waals surface area contributed by atoms with Gasteiger partial charge in [-0.25, -0.2) is 14.0 Å². The number of hydrogen-bond donors (Lipinski definition) is 3. The van der Waals surface area contributed by atoms with E-state index in [1.54, 1.807) is 0 Å². The minimum atomic E-state index is -3.38. The van der Waals surface area contributed by atoms with Gasteiger partial charge in [0.2, 0.25) is 5.90 Å². The molecule has 2 atom stereocenters. The van der Waals surface area contributed by atoms with Gasteiger partial charge in [0.15, 0.2) is 0 Å². The van der Waals surface area contributed by atoms with Crippen LogP contribution in [0.25, 0.3) is 0 Å². The highest BCUT2D eigenvalue weighted by atomic mass is 32.8. The van der Waals surface area contributed by atoms with Crippen molar-refractivity contribution in [3.05, 3.63) is 39.4 Å². The molecule has 0 saturated heterocycles. The van der Waals surface area contributed by atoms with E-state index < -0.39 is 14.7 Å². The summed E-state index contributed by atoms with van der Waals surface area (Å²) < 4.78 is 20.8. The molecule has 3 aliphatic rings. The molecule has 4 rings (SSSR count). The molecule has 2 aliphatic carbocycles. The van der Waals surface area contributed by atoms with Gasteiger partial charge < -0.3 is 15.8 Å². The minimum Gasteiger partial charge on any atom is -0.475 e. The fourth-order valence-electron chi connectivity index (χ4n) is 4.17. The van der Waals surface area contributed by atoms with Crippen LogP contribution >= 0.6 is 0 Å². The molecule has 28 heavy (non-hydrogen) atoms. The Balaban J connectivity index is 1.56. The van der Waals surface area contributed by atoms with Gasteiger partial charge in [0.1, 0.15) is 20.2 Å². The molecule has 0 spiro atoms. The third kappa shape index (κ3) is 3.48. The van der Waals surface area contributed by atoms with Crippen molar-refractivity contribution in [3.63, 3.8) is 0 Å². The van der Waals surface area contributed by atoms with Crippen molar-refractivity contribution in [2.24, 2.45) is 10.7 Å². The number of fused-ring (bicyclic) bond motifs is 2. The van der Waals surface area contributed by atoms with Gasteiger partial charge in [-0.05, 0) is 67.7 Å². The maximum Gasteiger partial charge on any atom is 0.331 e. The lowest BCUT2D eigenvalue weighted by atomic mass is 9.99. The van der Waals surface area contributed by atoms with Crippen molar-refractivity contribution >= 4 is 37.5 Å². The van der Waals surface area contributed by atoms with Gasteiger partial charge in [0, 0.05) is 23.1 Å². The Kier molecular flexibility index (Phi) is 5.05. The number of rotatable bonds is 4. The average Bonchev–Trinajstić information content (AvgIpc) is 3.35. The van der Waals surface area contributed by atoms with Crippen LogP contribution in [0.15, 0.2) is 22.2 Å². The quantitative estimate of drug-likeness (QED) is 0.691. The molecular weight excluding hydrogens is 396 g/mol. The smallest absolute Gasteiger partial charge is 0.331 e. The van der Waals surface area contributed by atoms with E-state index in [4.69, 9.17) is 21.7 Å². The standard InChI is InChI=1S/C19H24N4O3S2/c1-11-10-26-18(21-11)16(9-20)28(25,27)23-19(24)22-17-14-6-2-4-12(14)8-13-5-3-7-15(13)17/h8-9,11H,2-7,10,20H2,1H3,(H2,22,23,24). The van der Waals surface area contributed by atoms with Crippen molar-refractivity contribution in [3.8, 4) is 0 Å². The Morgan fingerprint density at radius 2 is 1.93 bits per heavy atom. The van der Waals surface area contributed by atoms with Gasteiger partial charge in [-0.1, -0.05) is 6.07 Å². The second-order valence-corrected chi connectivity index (χ2v) is 10.5. The van der Waals surface area contributed by atoms with E-state index >= 15 is 0 Å². The van der Waals surface area contributed by atoms with E-state index in [-0.39, 0.29) is 16.8 Å². The largest absolute Gasteiger partial charge is 0.475 e. The Hall–Kier alpha value is -2.13. The number of aliphatic imine (C=N–C) groups is 1. The zero-order chi connectivity index (χ0) is 19.9. The molecule has 9 heteroatoms. The summed E-state index contributed by atoms with van der Waals surface area (Å²) in [5, 5.41) is 2.93. The lowest BCUT2D eigenvalue weighted by molar-refractivity contribution is 0.257. The van der Waals surface area contributed by atoms with Gasteiger partial charge in [0.25, 0.3) is 0 Å². The summed E-state index contributed by atoms with van der Waals surface area (Å²) in [4.78, 5) is 17.0. The number of amides is 2. The lowest BCUT2D eigenvalue weighted by Crippen LogP contribution is -2.37. The number of hydrogen-bond acceptors (Lipinski definition) is 6. The second-order valence-electron chi connectivity index (χ2n) is 7.42. The van der Waals surface area contributed by atoms with E-state index in [0.29, 0.717) is 6.61 Å². The number of nitrogens with one attached hydrogen (secondary N) is 2. The number of urea groups is 1. The number of ether oxygens (including phenoxy) is 1. The van der Waals surface area contributed by atoms with E-state index in [1.165, 1.54) is 22.3 Å². The van der Waals surface area contributed by atoms with Crippen LogP contribution in [0.4, 0.5) is 10.5 Å². The fourth-order valence-corrected chi connectivity index (χ4v) is 5.70. The lowest BCUT2D eigenvalue weighted by Gasteiger charge is -2.18. The molecule has 1 aromatic carbocycles. The first-order chi connectivity index (χ1) is 13.4. The molecule has 0 bridgehead atoms. The molecule has 0 saturated carbocycles. The second kappa shape index (κ2) is 7.36. The van der Waals surface area contributed by atoms with Crippen LogP contribution in [0.3, 0.4) is 0 Å².